The van der Waals surface area contributed by atoms with E-state index in [4.69, 9.17) is 0 Å². The second kappa shape index (κ2) is 13.4. The molecule has 6 heteroatoms. The number of carbonyl (C=O) groups excluding carboxylic acids is 1. The van der Waals surface area contributed by atoms with Crippen LogP contribution in [-0.4, -0.2) is 88.5 Å². The van der Waals surface area contributed by atoms with Gasteiger partial charge in [0.2, 0.25) is 0 Å². The minimum atomic E-state index is -0.838. The molecule has 0 spiro atoms. The van der Waals surface area contributed by atoms with Crippen LogP contribution in [0.5, 0.6) is 0 Å². The normalized spacial score (nSPS) is 32.9. The first kappa shape index (κ1) is 30.9. The fourth-order valence-corrected chi connectivity index (χ4v) is 8.48. The number of rotatable bonds is 6. The molecule has 4 unspecified atom stereocenters. The highest BCUT2D eigenvalue weighted by Gasteiger charge is 2.57. The third-order valence-corrected chi connectivity index (χ3v) is 11.3. The summed E-state index contributed by atoms with van der Waals surface area (Å²) in [5.41, 5.74) is 3.15. The van der Waals surface area contributed by atoms with Crippen molar-refractivity contribution in [3.8, 4) is 0 Å². The van der Waals surface area contributed by atoms with Crippen LogP contribution in [0.25, 0.3) is 0 Å². The summed E-state index contributed by atoms with van der Waals surface area (Å²) in [4.78, 5) is 18.9. The van der Waals surface area contributed by atoms with Crippen LogP contribution >= 0.6 is 0 Å². The monoisotopic (exact) mass is 566 g/mol. The molecule has 0 aromatic heterocycles. The van der Waals surface area contributed by atoms with Gasteiger partial charge < -0.3 is 15.3 Å². The molecule has 1 saturated heterocycles. The van der Waals surface area contributed by atoms with Crippen molar-refractivity contribution in [1.82, 2.24) is 9.80 Å². The Morgan fingerprint density at radius 1 is 1.00 bits per heavy atom. The zero-order chi connectivity index (χ0) is 29.0. The molecule has 1 aliphatic heterocycles. The first-order valence-electron chi connectivity index (χ1n) is 16.5. The van der Waals surface area contributed by atoms with Crippen LogP contribution in [-0.2, 0) is 6.42 Å². The lowest BCUT2D eigenvalue weighted by Crippen LogP contribution is -2.56. The van der Waals surface area contributed by atoms with E-state index >= 15 is 0 Å². The number of benzene rings is 1. The predicted octanol–water partition coefficient (Wildman–Crippen LogP) is 5.10. The topological polar surface area (TPSA) is 84.2 Å². The number of hydrogen-bond donors (Lipinski definition) is 3. The van der Waals surface area contributed by atoms with Crippen molar-refractivity contribution in [2.75, 3.05) is 45.9 Å². The molecular weight excluding hydrogens is 512 g/mol. The number of nitrogens with zero attached hydrogens (tertiary/aromatic N) is 2. The van der Waals surface area contributed by atoms with Crippen LogP contribution in [0, 0.1) is 11.3 Å². The molecule has 3 fully saturated rings. The van der Waals surface area contributed by atoms with Gasteiger partial charge in [0.1, 0.15) is 0 Å². The van der Waals surface area contributed by atoms with E-state index in [0.717, 1.165) is 107 Å². The maximum Gasteiger partial charge on any atom is 0.166 e. The summed E-state index contributed by atoms with van der Waals surface area (Å²) in [6.07, 6.45) is 12.9. The molecule has 1 aromatic rings. The molecule has 41 heavy (non-hydrogen) atoms. The lowest BCUT2D eigenvalue weighted by atomic mass is 9.64. The van der Waals surface area contributed by atoms with E-state index in [2.05, 4.69) is 47.9 Å². The minimum absolute atomic E-state index is 0.0916. The number of ketones is 1. The molecule has 3 N–H and O–H groups in total. The SMILES string of the molecule is CC1=CCCC2(C)C(CCC2(O)CN2CCN(CCO)CC2)c2ccc(cc2C(=O)C2CCCCC2)CC(O)CC1. The van der Waals surface area contributed by atoms with Crippen LogP contribution in [0.15, 0.2) is 29.8 Å². The number of allylic oxidation sites excluding steroid dienone is 2. The van der Waals surface area contributed by atoms with Crippen molar-refractivity contribution in [3.05, 3.63) is 46.5 Å². The molecule has 0 radical (unpaired) electrons. The van der Waals surface area contributed by atoms with Crippen LogP contribution in [0.3, 0.4) is 0 Å². The Kier molecular flexibility index (Phi) is 10.1. The van der Waals surface area contributed by atoms with E-state index in [-0.39, 0.29) is 29.6 Å². The summed E-state index contributed by atoms with van der Waals surface area (Å²) in [5, 5.41) is 32.8. The number of piperazine rings is 1. The van der Waals surface area contributed by atoms with E-state index < -0.39 is 11.7 Å². The quantitative estimate of drug-likeness (QED) is 0.328. The maximum atomic E-state index is 14.2. The highest BCUT2D eigenvalue weighted by atomic mass is 16.3. The average Bonchev–Trinajstić information content (AvgIpc) is 3.22. The predicted molar refractivity (Wildman–Crippen MR) is 164 cm³/mol. The lowest BCUT2D eigenvalue weighted by Gasteiger charge is -2.47. The molecule has 6 rings (SSSR count). The molecule has 2 bridgehead atoms. The van der Waals surface area contributed by atoms with Gasteiger partial charge in [-0.25, -0.2) is 0 Å². The zero-order valence-electron chi connectivity index (χ0n) is 25.6. The molecule has 0 amide bonds. The third kappa shape index (κ3) is 6.83. The number of aliphatic hydroxyl groups is 3. The van der Waals surface area contributed by atoms with Gasteiger partial charge in [-0.2, -0.15) is 0 Å². The van der Waals surface area contributed by atoms with Crippen LogP contribution in [0.4, 0.5) is 0 Å². The molecule has 228 valence electrons. The van der Waals surface area contributed by atoms with Crippen molar-refractivity contribution >= 4 is 5.78 Å². The third-order valence-electron chi connectivity index (χ3n) is 11.3. The molecule has 4 aliphatic carbocycles. The fourth-order valence-electron chi connectivity index (χ4n) is 8.48. The second-order valence-corrected chi connectivity index (χ2v) is 14.0. The standard InChI is InChI=1S/C35H54N2O4/c1-26-7-6-15-34(2)32(14-16-35(34,41)25-37-19-17-36(18-20-37)21-22-38)30-13-11-27(23-29(39)12-10-26)24-31(30)33(40)28-8-4-3-5-9-28/h7,11,13,24,28-29,32,38-39,41H,3-6,8-10,12,14-23,25H2,1-2H3. The Morgan fingerprint density at radius 3 is 2.46 bits per heavy atom. The van der Waals surface area contributed by atoms with Crippen LogP contribution < -0.4 is 0 Å². The molecule has 5 aliphatic rings. The van der Waals surface area contributed by atoms with E-state index in [1.54, 1.807) is 0 Å². The number of carbonyl (C=O) groups is 1. The van der Waals surface area contributed by atoms with Crippen LogP contribution in [0.1, 0.15) is 112 Å². The number of aliphatic hydroxyl groups excluding tert-OH is 2. The Morgan fingerprint density at radius 2 is 1.73 bits per heavy atom. The summed E-state index contributed by atoms with van der Waals surface area (Å²) in [6.45, 7) is 9.69. The van der Waals surface area contributed by atoms with Crippen molar-refractivity contribution in [1.29, 1.82) is 0 Å². The van der Waals surface area contributed by atoms with Crippen molar-refractivity contribution in [2.24, 2.45) is 11.3 Å². The Labute approximate surface area is 247 Å². The zero-order valence-corrected chi connectivity index (χ0v) is 25.6. The number of β-amino-alcohol motifs (C(OH)–C–C–N with tert-alkyl or cyclic N) is 2. The average molecular weight is 567 g/mol. The first-order valence-corrected chi connectivity index (χ1v) is 16.5. The van der Waals surface area contributed by atoms with Crippen molar-refractivity contribution in [2.45, 2.75) is 109 Å². The van der Waals surface area contributed by atoms with Gasteiger partial charge in [-0.3, -0.25) is 14.6 Å². The Bertz CT molecular complexity index is 1070. The summed E-state index contributed by atoms with van der Waals surface area (Å²) < 4.78 is 0. The smallest absolute Gasteiger partial charge is 0.166 e. The molecule has 4 atom stereocenters. The molecule has 1 heterocycles. The van der Waals surface area contributed by atoms with Gasteiger partial charge in [0, 0.05) is 56.2 Å². The summed E-state index contributed by atoms with van der Waals surface area (Å²) in [6, 6.07) is 6.44. The Hall–Kier alpha value is -1.57. The van der Waals surface area contributed by atoms with Crippen molar-refractivity contribution in [3.63, 3.8) is 0 Å². The molecule has 1 aromatic carbocycles. The van der Waals surface area contributed by atoms with Gasteiger partial charge >= 0.3 is 0 Å². The van der Waals surface area contributed by atoms with Gasteiger partial charge in [-0.05, 0) is 87.8 Å². The van der Waals surface area contributed by atoms with E-state index in [0.29, 0.717) is 19.5 Å². The van der Waals surface area contributed by atoms with Gasteiger partial charge in [0.25, 0.3) is 0 Å². The summed E-state index contributed by atoms with van der Waals surface area (Å²) in [7, 11) is 0. The minimum Gasteiger partial charge on any atom is -0.395 e. The van der Waals surface area contributed by atoms with Gasteiger partial charge in [0.05, 0.1) is 18.3 Å². The highest BCUT2D eigenvalue weighted by Crippen LogP contribution is 2.59. The summed E-state index contributed by atoms with van der Waals surface area (Å²) >= 11 is 0. The maximum absolute atomic E-state index is 14.2. The number of Topliss-reactive ketones (excluding diaryl/α,β-unsaturated/α-hetero) is 1. The molecule has 6 nitrogen and oxygen atoms in total. The van der Waals surface area contributed by atoms with Crippen LogP contribution in [0.2, 0.25) is 0 Å². The van der Waals surface area contributed by atoms with E-state index in [1.165, 1.54) is 12.0 Å². The molecular formula is C35H54N2O4. The Balaban J connectivity index is 1.49. The number of hydrogen-bond acceptors (Lipinski definition) is 6. The van der Waals surface area contributed by atoms with Gasteiger partial charge in [0.15, 0.2) is 5.78 Å². The van der Waals surface area contributed by atoms with E-state index in [9.17, 15) is 20.1 Å². The first-order chi connectivity index (χ1) is 19.7. The van der Waals surface area contributed by atoms with Crippen molar-refractivity contribution < 1.29 is 20.1 Å². The second-order valence-electron chi connectivity index (χ2n) is 14.0. The summed E-state index contributed by atoms with van der Waals surface area (Å²) in [5.74, 6) is 0.493. The lowest BCUT2D eigenvalue weighted by molar-refractivity contribution is -0.0888. The van der Waals surface area contributed by atoms with Gasteiger partial charge in [-0.1, -0.05) is 50.0 Å². The van der Waals surface area contributed by atoms with Gasteiger partial charge in [-0.15, -0.1) is 0 Å². The highest BCUT2D eigenvalue weighted by molar-refractivity contribution is 5.99. The largest absolute Gasteiger partial charge is 0.395 e. The number of fused-ring (bicyclic) bond motifs is 8. The molecule has 2 saturated carbocycles. The fraction of sp³-hybridized carbons (Fsp3) is 0.743. The van der Waals surface area contributed by atoms with E-state index in [1.807, 2.05) is 0 Å².